The molecule has 0 aliphatic carbocycles. The third kappa shape index (κ3) is 3.86. The Balaban J connectivity index is 2.33. The van der Waals surface area contributed by atoms with E-state index in [4.69, 9.17) is 27.9 Å². The maximum Gasteiger partial charge on any atom is 0.146 e. The summed E-state index contributed by atoms with van der Waals surface area (Å²) in [6.07, 6.45) is 0. The predicted octanol–water partition coefficient (Wildman–Crippen LogP) is 5.27. The van der Waals surface area contributed by atoms with Gasteiger partial charge in [0.1, 0.15) is 11.5 Å². The lowest BCUT2D eigenvalue weighted by Crippen LogP contribution is -2.06. The molecule has 2 aromatic carbocycles. The second kappa shape index (κ2) is 6.62. The van der Waals surface area contributed by atoms with Crippen molar-refractivity contribution in [3.8, 4) is 11.5 Å². The molecule has 100 valence electrons. The molecule has 0 saturated heterocycles. The van der Waals surface area contributed by atoms with Crippen LogP contribution in [0.4, 0.5) is 0 Å². The van der Waals surface area contributed by atoms with Gasteiger partial charge < -0.3 is 10.1 Å². The van der Waals surface area contributed by atoms with Gasteiger partial charge in [-0.3, -0.25) is 0 Å². The van der Waals surface area contributed by atoms with E-state index in [0.29, 0.717) is 28.1 Å². The van der Waals surface area contributed by atoms with E-state index >= 15 is 0 Å². The molecule has 2 nitrogen and oxygen atoms in total. The second-order valence-electron chi connectivity index (χ2n) is 3.96. The Morgan fingerprint density at radius 2 is 1.89 bits per heavy atom. The normalized spacial score (nSPS) is 10.5. The van der Waals surface area contributed by atoms with Gasteiger partial charge in [-0.05, 0) is 37.4 Å². The lowest BCUT2D eigenvalue weighted by atomic mass is 10.2. The summed E-state index contributed by atoms with van der Waals surface area (Å²) in [5.74, 6) is 1.30. The van der Waals surface area contributed by atoms with Crippen LogP contribution in [0.1, 0.15) is 5.56 Å². The van der Waals surface area contributed by atoms with Crippen molar-refractivity contribution < 1.29 is 4.74 Å². The molecule has 0 fully saturated rings. The first-order valence-corrected chi connectivity index (χ1v) is 7.21. The van der Waals surface area contributed by atoms with Gasteiger partial charge in [0.2, 0.25) is 0 Å². The minimum absolute atomic E-state index is 0.546. The van der Waals surface area contributed by atoms with Crippen molar-refractivity contribution in [2.24, 2.45) is 0 Å². The molecule has 5 heteroatoms. The fourth-order valence-electron chi connectivity index (χ4n) is 1.64. The Morgan fingerprint density at radius 3 is 2.58 bits per heavy atom. The summed E-state index contributed by atoms with van der Waals surface area (Å²) >= 11 is 15.5. The van der Waals surface area contributed by atoms with Gasteiger partial charge in [-0.2, -0.15) is 0 Å². The molecular formula is C14H12BrCl2NO. The van der Waals surface area contributed by atoms with Gasteiger partial charge in [-0.1, -0.05) is 45.2 Å². The number of ether oxygens (including phenoxy) is 1. The second-order valence-corrected chi connectivity index (χ2v) is 5.72. The van der Waals surface area contributed by atoms with E-state index < -0.39 is 0 Å². The molecule has 0 atom stereocenters. The molecule has 2 rings (SSSR count). The lowest BCUT2D eigenvalue weighted by molar-refractivity contribution is 0.474. The number of benzene rings is 2. The van der Waals surface area contributed by atoms with Gasteiger partial charge in [0.05, 0.1) is 5.02 Å². The molecule has 2 aromatic rings. The summed E-state index contributed by atoms with van der Waals surface area (Å²) in [4.78, 5) is 0. The van der Waals surface area contributed by atoms with Crippen molar-refractivity contribution >= 4 is 39.1 Å². The van der Waals surface area contributed by atoms with Crippen LogP contribution in [-0.2, 0) is 6.54 Å². The summed E-state index contributed by atoms with van der Waals surface area (Å²) in [7, 11) is 1.88. The van der Waals surface area contributed by atoms with Crippen LogP contribution < -0.4 is 10.1 Å². The quantitative estimate of drug-likeness (QED) is 0.802. The van der Waals surface area contributed by atoms with Gasteiger partial charge >= 0.3 is 0 Å². The topological polar surface area (TPSA) is 21.3 Å². The van der Waals surface area contributed by atoms with E-state index in [9.17, 15) is 0 Å². The molecule has 0 heterocycles. The average Bonchev–Trinajstić information content (AvgIpc) is 2.36. The largest absolute Gasteiger partial charge is 0.455 e. The molecule has 0 bridgehead atoms. The van der Waals surface area contributed by atoms with E-state index in [1.54, 1.807) is 12.1 Å². The molecule has 0 radical (unpaired) electrons. The lowest BCUT2D eigenvalue weighted by Gasteiger charge is -2.12. The zero-order chi connectivity index (χ0) is 13.8. The van der Waals surface area contributed by atoms with Crippen molar-refractivity contribution in [2.45, 2.75) is 6.54 Å². The first kappa shape index (κ1) is 14.7. The van der Waals surface area contributed by atoms with E-state index in [0.717, 1.165) is 10.0 Å². The zero-order valence-corrected chi connectivity index (χ0v) is 13.3. The highest BCUT2D eigenvalue weighted by molar-refractivity contribution is 9.10. The van der Waals surface area contributed by atoms with Gasteiger partial charge in [-0.15, -0.1) is 0 Å². The third-order valence-corrected chi connectivity index (χ3v) is 3.53. The molecule has 0 spiro atoms. The van der Waals surface area contributed by atoms with Gasteiger partial charge in [0, 0.05) is 21.6 Å². The number of nitrogens with one attached hydrogen (secondary N) is 1. The Hall–Kier alpha value is -0.740. The van der Waals surface area contributed by atoms with Crippen molar-refractivity contribution in [1.82, 2.24) is 5.32 Å². The molecule has 1 N–H and O–H groups in total. The number of halogens is 3. The predicted molar refractivity (Wildman–Crippen MR) is 83.4 cm³/mol. The van der Waals surface area contributed by atoms with Gasteiger partial charge in [-0.25, -0.2) is 0 Å². The van der Waals surface area contributed by atoms with E-state index in [1.807, 2.05) is 31.3 Å². The van der Waals surface area contributed by atoms with Gasteiger partial charge in [0.15, 0.2) is 0 Å². The number of rotatable bonds is 4. The highest BCUT2D eigenvalue weighted by atomic mass is 79.9. The fourth-order valence-corrected chi connectivity index (χ4v) is 2.51. The average molecular weight is 361 g/mol. The van der Waals surface area contributed by atoms with Gasteiger partial charge in [0.25, 0.3) is 0 Å². The van der Waals surface area contributed by atoms with Crippen molar-refractivity contribution in [3.05, 3.63) is 56.5 Å². The molecule has 0 saturated carbocycles. The van der Waals surface area contributed by atoms with E-state index in [-0.39, 0.29) is 0 Å². The van der Waals surface area contributed by atoms with Crippen LogP contribution in [0.5, 0.6) is 11.5 Å². The minimum atomic E-state index is 0.546. The monoisotopic (exact) mass is 359 g/mol. The van der Waals surface area contributed by atoms with Crippen LogP contribution in [0.2, 0.25) is 10.0 Å². The maximum absolute atomic E-state index is 6.15. The molecule has 0 aromatic heterocycles. The first-order valence-electron chi connectivity index (χ1n) is 5.66. The Labute approximate surface area is 130 Å². The maximum atomic E-state index is 6.15. The smallest absolute Gasteiger partial charge is 0.146 e. The Morgan fingerprint density at radius 1 is 1.11 bits per heavy atom. The molecular weight excluding hydrogens is 349 g/mol. The number of hydrogen-bond acceptors (Lipinski definition) is 2. The van der Waals surface area contributed by atoms with Crippen LogP contribution in [-0.4, -0.2) is 7.05 Å². The first-order chi connectivity index (χ1) is 9.10. The van der Waals surface area contributed by atoms with Crippen LogP contribution >= 0.6 is 39.1 Å². The van der Waals surface area contributed by atoms with Crippen LogP contribution in [0, 0.1) is 0 Å². The summed E-state index contributed by atoms with van der Waals surface area (Å²) in [6.45, 7) is 0.695. The molecule has 0 aliphatic heterocycles. The number of hydrogen-bond donors (Lipinski definition) is 1. The minimum Gasteiger partial charge on any atom is -0.455 e. The van der Waals surface area contributed by atoms with Crippen molar-refractivity contribution in [2.75, 3.05) is 7.05 Å². The standard InChI is InChI=1S/C14H12BrCl2NO/c1-18-8-9-2-4-11(16)7-14(9)19-13-5-3-10(15)6-12(13)17/h2-7,18H,8H2,1H3. The van der Waals surface area contributed by atoms with E-state index in [1.165, 1.54) is 0 Å². The fraction of sp³-hybridized carbons (Fsp3) is 0.143. The summed E-state index contributed by atoms with van der Waals surface area (Å²) in [6, 6.07) is 11.0. The molecule has 0 aliphatic rings. The zero-order valence-electron chi connectivity index (χ0n) is 10.2. The molecule has 19 heavy (non-hydrogen) atoms. The molecule has 0 amide bonds. The highest BCUT2D eigenvalue weighted by Gasteiger charge is 2.08. The molecule has 0 unspecified atom stereocenters. The summed E-state index contributed by atoms with van der Waals surface area (Å²) in [5, 5.41) is 4.26. The Bertz CT molecular complexity index is 590. The van der Waals surface area contributed by atoms with E-state index in [2.05, 4.69) is 21.2 Å². The summed E-state index contributed by atoms with van der Waals surface area (Å²) in [5.41, 5.74) is 1.02. The van der Waals surface area contributed by atoms with Crippen molar-refractivity contribution in [1.29, 1.82) is 0 Å². The summed E-state index contributed by atoms with van der Waals surface area (Å²) < 4.78 is 6.76. The third-order valence-electron chi connectivity index (χ3n) is 2.51. The SMILES string of the molecule is CNCc1ccc(Cl)cc1Oc1ccc(Br)cc1Cl. The van der Waals surface area contributed by atoms with Crippen LogP contribution in [0.3, 0.4) is 0 Å². The highest BCUT2D eigenvalue weighted by Crippen LogP contribution is 2.34. The van der Waals surface area contributed by atoms with Crippen molar-refractivity contribution in [3.63, 3.8) is 0 Å². The van der Waals surface area contributed by atoms with Crippen LogP contribution in [0.25, 0.3) is 0 Å². The Kier molecular flexibility index (Phi) is 5.11. The van der Waals surface area contributed by atoms with Crippen LogP contribution in [0.15, 0.2) is 40.9 Å².